The Bertz CT molecular complexity index is 2590. The first-order valence-corrected chi connectivity index (χ1v) is 21.2. The molecule has 9 aromatic rings. The Morgan fingerprint density at radius 3 is 0.710 bits per heavy atom. The van der Waals surface area contributed by atoms with Crippen molar-refractivity contribution >= 4 is 33.9 Å². The first kappa shape index (κ1) is 39.5. The van der Waals surface area contributed by atoms with Gasteiger partial charge in [-0.05, 0) is 107 Å². The first-order chi connectivity index (χ1) is 30.6. The smallest absolute Gasteiger partial charge is 0.0456 e. The van der Waals surface area contributed by atoms with Gasteiger partial charge in [-0.1, -0.05) is 205 Å². The van der Waals surface area contributed by atoms with Crippen molar-refractivity contribution in [2.45, 2.75) is 13.8 Å². The van der Waals surface area contributed by atoms with Gasteiger partial charge in [0, 0.05) is 46.3 Å². The van der Waals surface area contributed by atoms with E-state index in [2.05, 4.69) is 279 Å². The number of hydrogen-bond acceptors (Lipinski definition) is 2. The molecule has 0 spiro atoms. The molecule has 9 rings (SSSR count). The van der Waals surface area contributed by atoms with Crippen LogP contribution in [0.25, 0.3) is 33.4 Å². The largest absolute Gasteiger partial charge is 0.317 e. The van der Waals surface area contributed by atoms with E-state index in [0.29, 0.717) is 0 Å². The molecular formula is C60H48N2. The molecule has 0 N–H and O–H groups in total. The lowest BCUT2D eigenvalue weighted by Crippen LogP contribution is -2.10. The van der Waals surface area contributed by atoms with Gasteiger partial charge >= 0.3 is 0 Å². The minimum atomic E-state index is 1.09. The van der Waals surface area contributed by atoms with E-state index < -0.39 is 0 Å². The summed E-state index contributed by atoms with van der Waals surface area (Å²) in [7, 11) is 0. The lowest BCUT2D eigenvalue weighted by molar-refractivity contribution is 1.27. The van der Waals surface area contributed by atoms with E-state index in [0.717, 1.165) is 33.9 Å². The molecule has 0 radical (unpaired) electrons. The van der Waals surface area contributed by atoms with Crippen LogP contribution in [0.15, 0.2) is 255 Å². The third kappa shape index (κ3) is 9.11. The van der Waals surface area contributed by atoms with E-state index >= 15 is 0 Å². The van der Waals surface area contributed by atoms with Gasteiger partial charge in [0.25, 0.3) is 0 Å². The molecule has 0 amide bonds. The summed E-state index contributed by atoms with van der Waals surface area (Å²) in [5.41, 5.74) is 18.5. The third-order valence-corrected chi connectivity index (χ3v) is 11.3. The van der Waals surface area contributed by atoms with Crippen LogP contribution >= 0.6 is 0 Å². The average molecular weight is 797 g/mol. The quantitative estimate of drug-likeness (QED) is 0.121. The van der Waals surface area contributed by atoms with Crippen LogP contribution in [0, 0.1) is 13.8 Å². The standard InChI is InChI=1S/C60H48N2/c1-45-23-35-55(36-24-45)61(43-59(51-15-7-3-8-16-51)52-17-9-4-10-18-52)57-39-31-49(32-40-57)47-27-29-48(30-28-47)50-33-41-58(42-34-50)62(56-37-25-46(2)26-38-56)44-60(53-19-11-5-12-20-53)54-21-13-6-14-22-54/h3-44H,1-2H3. The highest BCUT2D eigenvalue weighted by Gasteiger charge is 2.15. The molecule has 0 aromatic heterocycles. The molecule has 0 bridgehead atoms. The number of benzene rings is 9. The Labute approximate surface area is 366 Å². The fraction of sp³-hybridized carbons (Fsp3) is 0.0333. The highest BCUT2D eigenvalue weighted by Crippen LogP contribution is 2.36. The maximum absolute atomic E-state index is 2.30. The lowest BCUT2D eigenvalue weighted by atomic mass is 9.98. The second kappa shape index (κ2) is 18.5. The van der Waals surface area contributed by atoms with Crippen molar-refractivity contribution in [3.63, 3.8) is 0 Å². The molecule has 62 heavy (non-hydrogen) atoms. The maximum Gasteiger partial charge on any atom is 0.0456 e. The Kier molecular flexibility index (Phi) is 11.8. The van der Waals surface area contributed by atoms with Gasteiger partial charge in [0.05, 0.1) is 0 Å². The topological polar surface area (TPSA) is 6.48 Å². The third-order valence-electron chi connectivity index (χ3n) is 11.3. The van der Waals surface area contributed by atoms with Crippen LogP contribution in [0.5, 0.6) is 0 Å². The molecule has 0 saturated heterocycles. The molecule has 298 valence electrons. The molecule has 0 aliphatic rings. The highest BCUT2D eigenvalue weighted by atomic mass is 15.1. The van der Waals surface area contributed by atoms with Gasteiger partial charge in [0.2, 0.25) is 0 Å². The van der Waals surface area contributed by atoms with E-state index in [-0.39, 0.29) is 0 Å². The molecule has 0 aliphatic carbocycles. The second-order valence-electron chi connectivity index (χ2n) is 15.6. The highest BCUT2D eigenvalue weighted by molar-refractivity contribution is 5.86. The van der Waals surface area contributed by atoms with Crippen LogP contribution in [0.1, 0.15) is 33.4 Å². The molecule has 0 aliphatic heterocycles. The Balaban J connectivity index is 1.00. The van der Waals surface area contributed by atoms with Gasteiger partial charge in [-0.3, -0.25) is 0 Å². The summed E-state index contributed by atoms with van der Waals surface area (Å²) in [5.74, 6) is 0. The van der Waals surface area contributed by atoms with Crippen LogP contribution in [-0.2, 0) is 0 Å². The maximum atomic E-state index is 2.30. The predicted octanol–water partition coefficient (Wildman–Crippen LogP) is 16.1. The predicted molar refractivity (Wildman–Crippen MR) is 264 cm³/mol. The van der Waals surface area contributed by atoms with E-state index in [1.165, 1.54) is 55.6 Å². The van der Waals surface area contributed by atoms with Gasteiger partial charge in [0.1, 0.15) is 0 Å². The molecule has 0 fully saturated rings. The molecule has 0 unspecified atom stereocenters. The van der Waals surface area contributed by atoms with E-state index in [9.17, 15) is 0 Å². The summed E-state index contributed by atoms with van der Waals surface area (Å²) < 4.78 is 0. The zero-order valence-electron chi connectivity index (χ0n) is 35.1. The summed E-state index contributed by atoms with van der Waals surface area (Å²) in [6.07, 6.45) is 4.54. The Morgan fingerprint density at radius 2 is 0.468 bits per heavy atom. The Hall–Kier alpha value is -7.94. The fourth-order valence-corrected chi connectivity index (χ4v) is 7.85. The van der Waals surface area contributed by atoms with Crippen LogP contribution in [-0.4, -0.2) is 0 Å². The van der Waals surface area contributed by atoms with Crippen molar-refractivity contribution in [1.82, 2.24) is 0 Å². The molecule has 0 heterocycles. The van der Waals surface area contributed by atoms with Crippen LogP contribution in [0.2, 0.25) is 0 Å². The number of rotatable bonds is 12. The lowest BCUT2D eigenvalue weighted by Gasteiger charge is -2.24. The van der Waals surface area contributed by atoms with Crippen LogP contribution in [0.3, 0.4) is 0 Å². The fourth-order valence-electron chi connectivity index (χ4n) is 7.85. The van der Waals surface area contributed by atoms with Gasteiger partial charge in [-0.2, -0.15) is 0 Å². The van der Waals surface area contributed by atoms with Crippen molar-refractivity contribution in [1.29, 1.82) is 0 Å². The number of aryl methyl sites for hydroxylation is 2. The number of hydrogen-bond donors (Lipinski definition) is 0. The van der Waals surface area contributed by atoms with Gasteiger partial charge in [-0.15, -0.1) is 0 Å². The molecular weight excluding hydrogens is 749 g/mol. The van der Waals surface area contributed by atoms with Crippen molar-refractivity contribution in [2.24, 2.45) is 0 Å². The molecule has 2 nitrogen and oxygen atoms in total. The first-order valence-electron chi connectivity index (χ1n) is 21.2. The van der Waals surface area contributed by atoms with Gasteiger partial charge < -0.3 is 9.80 Å². The summed E-state index contributed by atoms with van der Waals surface area (Å²) in [5, 5.41) is 0. The molecule has 0 saturated carbocycles. The normalized spacial score (nSPS) is 10.7. The zero-order valence-corrected chi connectivity index (χ0v) is 35.1. The van der Waals surface area contributed by atoms with Gasteiger partial charge in [0.15, 0.2) is 0 Å². The Morgan fingerprint density at radius 1 is 0.258 bits per heavy atom. The van der Waals surface area contributed by atoms with E-state index in [1.54, 1.807) is 0 Å². The summed E-state index contributed by atoms with van der Waals surface area (Å²) in [6, 6.07) is 86.7. The minimum Gasteiger partial charge on any atom is -0.317 e. The molecule has 0 atom stereocenters. The van der Waals surface area contributed by atoms with E-state index in [1.807, 2.05) is 0 Å². The SMILES string of the molecule is Cc1ccc(N(C=C(c2ccccc2)c2ccccc2)c2ccc(-c3ccc(-c4ccc(N(C=C(c5ccccc5)c5ccccc5)c5ccc(C)cc5)cc4)cc3)cc2)cc1. The van der Waals surface area contributed by atoms with Gasteiger partial charge in [-0.25, -0.2) is 0 Å². The second-order valence-corrected chi connectivity index (χ2v) is 15.6. The zero-order chi connectivity index (χ0) is 42.1. The summed E-state index contributed by atoms with van der Waals surface area (Å²) in [4.78, 5) is 4.59. The monoisotopic (exact) mass is 796 g/mol. The van der Waals surface area contributed by atoms with Crippen molar-refractivity contribution < 1.29 is 0 Å². The number of nitrogens with zero attached hydrogens (tertiary/aromatic N) is 2. The molecule has 2 heteroatoms. The van der Waals surface area contributed by atoms with Crippen molar-refractivity contribution in [3.8, 4) is 22.3 Å². The van der Waals surface area contributed by atoms with Crippen molar-refractivity contribution in [2.75, 3.05) is 9.80 Å². The molecule has 9 aromatic carbocycles. The summed E-state index contributed by atoms with van der Waals surface area (Å²) in [6.45, 7) is 4.26. The summed E-state index contributed by atoms with van der Waals surface area (Å²) >= 11 is 0. The van der Waals surface area contributed by atoms with Crippen LogP contribution < -0.4 is 9.80 Å². The van der Waals surface area contributed by atoms with E-state index in [4.69, 9.17) is 0 Å². The van der Waals surface area contributed by atoms with Crippen molar-refractivity contribution in [3.05, 3.63) is 288 Å². The van der Waals surface area contributed by atoms with Crippen LogP contribution in [0.4, 0.5) is 22.7 Å². The average Bonchev–Trinajstić information content (AvgIpc) is 3.34. The minimum absolute atomic E-state index is 1.09. The number of anilines is 4.